The highest BCUT2D eigenvalue weighted by atomic mass is 31.1. The van der Waals surface area contributed by atoms with Crippen LogP contribution in [0.1, 0.15) is 11.1 Å². The van der Waals surface area contributed by atoms with E-state index in [4.69, 9.17) is 5.73 Å². The van der Waals surface area contributed by atoms with Gasteiger partial charge in [-0.15, -0.1) is 0 Å². The van der Waals surface area contributed by atoms with Crippen LogP contribution >= 0.6 is 18.5 Å². The Labute approximate surface area is 80.5 Å². The van der Waals surface area contributed by atoms with Crippen molar-refractivity contribution in [2.75, 3.05) is 0 Å². The molecule has 1 rings (SSSR count). The van der Waals surface area contributed by atoms with E-state index in [-0.39, 0.29) is 12.1 Å². The molecule has 0 saturated heterocycles. The summed E-state index contributed by atoms with van der Waals surface area (Å²) < 4.78 is 26.2. The fraction of sp³-hybridized carbons (Fsp3) is 0.250. The smallest absolute Gasteiger partial charge is 0.160 e. The van der Waals surface area contributed by atoms with Crippen LogP contribution in [0.4, 0.5) is 8.78 Å². The maximum absolute atomic E-state index is 13.3. The molecule has 1 nitrogen and oxygen atoms in total. The van der Waals surface area contributed by atoms with Gasteiger partial charge in [-0.3, -0.25) is 0 Å². The van der Waals surface area contributed by atoms with E-state index in [0.29, 0.717) is 5.56 Å². The van der Waals surface area contributed by atoms with Crippen LogP contribution in [0.3, 0.4) is 0 Å². The number of hydrogen-bond acceptors (Lipinski definition) is 1. The fourth-order valence-corrected chi connectivity index (χ4v) is 1.32. The van der Waals surface area contributed by atoms with E-state index in [0.717, 1.165) is 6.07 Å². The molecule has 72 valence electrons. The van der Waals surface area contributed by atoms with Crippen LogP contribution in [0, 0.1) is 5.82 Å². The number of benzene rings is 1. The van der Waals surface area contributed by atoms with Crippen LogP contribution in [0.15, 0.2) is 18.2 Å². The molecule has 13 heavy (non-hydrogen) atoms. The molecule has 0 spiro atoms. The number of hydrogen-bond donors (Lipinski definition) is 1. The van der Waals surface area contributed by atoms with Gasteiger partial charge in [-0.05, 0) is 23.3 Å². The van der Waals surface area contributed by atoms with Crippen LogP contribution in [0.2, 0.25) is 0 Å². The Bertz CT molecular complexity index is 310. The quantitative estimate of drug-likeness (QED) is 0.760. The molecule has 0 fully saturated rings. The van der Waals surface area contributed by atoms with Gasteiger partial charge in [0.15, 0.2) is 5.15 Å². The van der Waals surface area contributed by atoms with E-state index in [1.165, 1.54) is 6.07 Å². The van der Waals surface area contributed by atoms with Crippen molar-refractivity contribution in [2.45, 2.75) is 11.7 Å². The van der Waals surface area contributed by atoms with Crippen LogP contribution in [0.5, 0.6) is 0 Å². The summed E-state index contributed by atoms with van der Waals surface area (Å²) in [5.41, 5.74) is 6.17. The Hall–Kier alpha value is -0.100. The van der Waals surface area contributed by atoms with Gasteiger partial charge in [0.1, 0.15) is 5.82 Å². The van der Waals surface area contributed by atoms with Gasteiger partial charge in [-0.1, -0.05) is 24.5 Å². The summed E-state index contributed by atoms with van der Waals surface area (Å²) >= 11 is 0. The molecule has 1 aromatic rings. The van der Waals surface area contributed by atoms with E-state index in [1.807, 2.05) is 18.5 Å². The number of halogens is 2. The van der Waals surface area contributed by atoms with E-state index in [1.54, 1.807) is 6.07 Å². The molecule has 2 unspecified atom stereocenters. The minimum absolute atomic E-state index is 0.205. The molecule has 0 bridgehead atoms. The maximum Gasteiger partial charge on any atom is 0.160 e. The Morgan fingerprint density at radius 3 is 2.38 bits per heavy atom. The molecule has 0 aliphatic heterocycles. The highest BCUT2D eigenvalue weighted by Crippen LogP contribution is 2.40. The molecule has 0 heterocycles. The maximum atomic E-state index is 13.3. The summed E-state index contributed by atoms with van der Waals surface area (Å²) in [6, 6.07) is 3.99. The summed E-state index contributed by atoms with van der Waals surface area (Å²) in [6.45, 7) is 0.205. The Morgan fingerprint density at radius 2 is 1.92 bits per heavy atom. The molecule has 0 radical (unpaired) electrons. The highest BCUT2D eigenvalue weighted by Gasteiger charge is 2.20. The second kappa shape index (κ2) is 3.96. The zero-order chi connectivity index (χ0) is 10.1. The average molecular weight is 221 g/mol. The second-order valence-corrected chi connectivity index (χ2v) is 5.17. The lowest BCUT2D eigenvalue weighted by atomic mass is 10.1. The molecule has 2 atom stereocenters. The first kappa shape index (κ1) is 11.0. The second-order valence-electron chi connectivity index (χ2n) is 2.82. The SMILES string of the molecule is NCc1cc(F)cc(C(F)(P)P)c1. The van der Waals surface area contributed by atoms with E-state index < -0.39 is 11.0 Å². The van der Waals surface area contributed by atoms with Crippen molar-refractivity contribution < 1.29 is 8.78 Å². The van der Waals surface area contributed by atoms with Gasteiger partial charge < -0.3 is 5.73 Å². The number of rotatable bonds is 2. The van der Waals surface area contributed by atoms with E-state index >= 15 is 0 Å². The minimum Gasteiger partial charge on any atom is -0.326 e. The molecule has 0 aliphatic carbocycles. The van der Waals surface area contributed by atoms with Gasteiger partial charge in [0.2, 0.25) is 0 Å². The van der Waals surface area contributed by atoms with Crippen molar-refractivity contribution in [1.29, 1.82) is 0 Å². The number of alkyl halides is 1. The molecule has 1 aromatic carbocycles. The van der Waals surface area contributed by atoms with Crippen molar-refractivity contribution in [2.24, 2.45) is 5.73 Å². The van der Waals surface area contributed by atoms with Crippen molar-refractivity contribution in [3.63, 3.8) is 0 Å². The van der Waals surface area contributed by atoms with E-state index in [2.05, 4.69) is 0 Å². The Kier molecular flexibility index (Phi) is 3.34. The Balaban J connectivity index is 3.16. The third kappa shape index (κ3) is 2.95. The molecule has 0 aliphatic rings. The third-order valence-corrected chi connectivity index (χ3v) is 2.30. The van der Waals surface area contributed by atoms with Gasteiger partial charge in [-0.25, -0.2) is 8.78 Å². The lowest BCUT2D eigenvalue weighted by Crippen LogP contribution is -2.04. The average Bonchev–Trinajstić information content (AvgIpc) is 2.01. The summed E-state index contributed by atoms with van der Waals surface area (Å²) in [4.78, 5) is 0. The Morgan fingerprint density at radius 1 is 1.31 bits per heavy atom. The lowest BCUT2D eigenvalue weighted by molar-refractivity contribution is 0.421. The zero-order valence-corrected chi connectivity index (χ0v) is 9.24. The first-order chi connectivity index (χ1) is 5.93. The van der Waals surface area contributed by atoms with Crippen LogP contribution < -0.4 is 5.73 Å². The summed E-state index contributed by atoms with van der Waals surface area (Å²) in [5, 5.41) is -1.69. The molecule has 0 amide bonds. The molecule has 2 N–H and O–H groups in total. The van der Waals surface area contributed by atoms with Crippen molar-refractivity contribution >= 4 is 18.5 Å². The molecular formula is C8H11F2NP2. The monoisotopic (exact) mass is 221 g/mol. The third-order valence-electron chi connectivity index (χ3n) is 1.64. The normalized spacial score (nSPS) is 11.8. The fourth-order valence-electron chi connectivity index (χ4n) is 0.989. The molecular weight excluding hydrogens is 210 g/mol. The summed E-state index contributed by atoms with van der Waals surface area (Å²) in [7, 11) is 3.97. The van der Waals surface area contributed by atoms with Gasteiger partial charge in [-0.2, -0.15) is 0 Å². The molecule has 0 saturated carbocycles. The highest BCUT2D eigenvalue weighted by molar-refractivity contribution is 7.38. The standard InChI is InChI=1S/C8H11F2NP2/c9-7-2-5(4-11)1-6(3-7)8(10,12)13/h1-3H,4,11-13H2. The zero-order valence-electron chi connectivity index (χ0n) is 6.93. The van der Waals surface area contributed by atoms with E-state index in [9.17, 15) is 8.78 Å². The topological polar surface area (TPSA) is 26.0 Å². The minimum atomic E-state index is -1.69. The van der Waals surface area contributed by atoms with Gasteiger partial charge in [0.05, 0.1) is 0 Å². The lowest BCUT2D eigenvalue weighted by Gasteiger charge is -2.15. The van der Waals surface area contributed by atoms with Crippen molar-refractivity contribution in [1.82, 2.24) is 0 Å². The van der Waals surface area contributed by atoms with Gasteiger partial charge >= 0.3 is 0 Å². The van der Waals surface area contributed by atoms with Crippen LogP contribution in [0.25, 0.3) is 0 Å². The summed E-state index contributed by atoms with van der Waals surface area (Å²) in [5.74, 6) is -0.468. The summed E-state index contributed by atoms with van der Waals surface area (Å²) in [6.07, 6.45) is 0. The predicted octanol–water partition coefficient (Wildman–Crippen LogP) is 2.11. The van der Waals surface area contributed by atoms with Gasteiger partial charge in [0, 0.05) is 6.54 Å². The van der Waals surface area contributed by atoms with Crippen molar-refractivity contribution in [3.8, 4) is 0 Å². The van der Waals surface area contributed by atoms with Crippen LogP contribution in [-0.4, -0.2) is 0 Å². The number of nitrogens with two attached hydrogens (primary N) is 1. The molecule has 5 heteroatoms. The van der Waals surface area contributed by atoms with Crippen molar-refractivity contribution in [3.05, 3.63) is 35.1 Å². The predicted molar refractivity (Wildman–Crippen MR) is 56.5 cm³/mol. The first-order valence-electron chi connectivity index (χ1n) is 3.70. The molecule has 0 aromatic heterocycles. The van der Waals surface area contributed by atoms with Gasteiger partial charge in [0.25, 0.3) is 0 Å². The largest absolute Gasteiger partial charge is 0.326 e. The first-order valence-corrected chi connectivity index (χ1v) is 4.85. The van der Waals surface area contributed by atoms with Crippen LogP contribution in [-0.2, 0) is 11.7 Å².